The Kier molecular flexibility index (Phi) is 5.20. The van der Waals surface area contributed by atoms with Crippen LogP contribution >= 0.6 is 0 Å². The van der Waals surface area contributed by atoms with Crippen LogP contribution in [-0.2, 0) is 6.54 Å². The molecule has 2 N–H and O–H groups in total. The first-order chi connectivity index (χ1) is 11.5. The highest BCUT2D eigenvalue weighted by Gasteiger charge is 2.15. The lowest BCUT2D eigenvalue weighted by molar-refractivity contribution is -0.384. The van der Waals surface area contributed by atoms with E-state index in [-0.39, 0.29) is 29.1 Å². The Bertz CT molecular complexity index is 775. The van der Waals surface area contributed by atoms with Gasteiger partial charge in [0.05, 0.1) is 24.7 Å². The van der Waals surface area contributed by atoms with Crippen LogP contribution in [0.15, 0.2) is 36.4 Å². The number of nitrogens with zero attached hydrogens (tertiary/aromatic N) is 1. The summed E-state index contributed by atoms with van der Waals surface area (Å²) in [6.45, 7) is -0.0679. The molecule has 2 aromatic rings. The van der Waals surface area contributed by atoms with E-state index in [1.54, 1.807) is 18.2 Å². The van der Waals surface area contributed by atoms with Gasteiger partial charge in [-0.3, -0.25) is 14.9 Å². The van der Waals surface area contributed by atoms with E-state index in [0.717, 1.165) is 0 Å². The summed E-state index contributed by atoms with van der Waals surface area (Å²) in [5, 5.41) is 23.1. The number of phenolic OH excluding ortho intramolecular Hbond substituents is 1. The Labute approximate surface area is 137 Å². The van der Waals surface area contributed by atoms with Crippen LogP contribution in [0.25, 0.3) is 0 Å². The number of ether oxygens (including phenoxy) is 2. The molecular weight excluding hydrogens is 316 g/mol. The van der Waals surface area contributed by atoms with Gasteiger partial charge in [0.2, 0.25) is 0 Å². The summed E-state index contributed by atoms with van der Waals surface area (Å²) in [6.07, 6.45) is 0. The minimum atomic E-state index is -0.572. The Morgan fingerprint density at radius 1 is 1.21 bits per heavy atom. The molecule has 0 heterocycles. The number of rotatable bonds is 6. The lowest BCUT2D eigenvalue weighted by atomic mass is 10.1. The lowest BCUT2D eigenvalue weighted by Crippen LogP contribution is -2.23. The summed E-state index contributed by atoms with van der Waals surface area (Å²) in [4.78, 5) is 22.5. The number of methoxy groups -OCH3 is 2. The molecule has 0 aliphatic heterocycles. The number of carbonyl (C=O) groups excluding carboxylic acids is 1. The smallest absolute Gasteiger partial charge is 0.270 e. The molecule has 24 heavy (non-hydrogen) atoms. The van der Waals surface area contributed by atoms with Crippen molar-refractivity contribution < 1.29 is 24.3 Å². The molecule has 126 valence electrons. The molecule has 0 bridgehead atoms. The van der Waals surface area contributed by atoms with Crippen LogP contribution in [0.4, 0.5) is 5.69 Å². The van der Waals surface area contributed by atoms with Gasteiger partial charge in [0, 0.05) is 30.3 Å². The van der Waals surface area contributed by atoms with E-state index in [9.17, 15) is 20.0 Å². The number of carbonyl (C=O) groups is 1. The van der Waals surface area contributed by atoms with Crippen LogP contribution in [0.2, 0.25) is 0 Å². The third-order valence-corrected chi connectivity index (χ3v) is 3.37. The maximum atomic E-state index is 12.3. The molecule has 0 fully saturated rings. The highest BCUT2D eigenvalue weighted by molar-refractivity contribution is 5.97. The van der Waals surface area contributed by atoms with Gasteiger partial charge in [0.1, 0.15) is 17.2 Å². The zero-order valence-electron chi connectivity index (χ0n) is 13.1. The van der Waals surface area contributed by atoms with Crippen LogP contribution in [0.5, 0.6) is 17.2 Å². The van der Waals surface area contributed by atoms with Crippen molar-refractivity contribution in [2.75, 3.05) is 14.2 Å². The fourth-order valence-corrected chi connectivity index (χ4v) is 2.08. The van der Waals surface area contributed by atoms with Gasteiger partial charge in [-0.15, -0.1) is 0 Å². The molecular formula is C16H16N2O6. The van der Waals surface area contributed by atoms with E-state index in [1.165, 1.54) is 32.4 Å². The van der Waals surface area contributed by atoms with E-state index in [0.29, 0.717) is 11.5 Å². The molecule has 8 heteroatoms. The molecule has 2 rings (SSSR count). The zero-order chi connectivity index (χ0) is 17.7. The van der Waals surface area contributed by atoms with Crippen molar-refractivity contribution in [2.45, 2.75) is 6.54 Å². The minimum Gasteiger partial charge on any atom is -0.508 e. The normalized spacial score (nSPS) is 10.1. The van der Waals surface area contributed by atoms with Crippen molar-refractivity contribution >= 4 is 11.6 Å². The highest BCUT2D eigenvalue weighted by Crippen LogP contribution is 2.25. The Morgan fingerprint density at radius 2 is 1.96 bits per heavy atom. The van der Waals surface area contributed by atoms with E-state index < -0.39 is 10.8 Å². The molecule has 0 radical (unpaired) electrons. The first-order valence-electron chi connectivity index (χ1n) is 6.92. The summed E-state index contributed by atoms with van der Waals surface area (Å²) in [7, 11) is 2.93. The van der Waals surface area contributed by atoms with Crippen molar-refractivity contribution in [2.24, 2.45) is 0 Å². The number of nitro benzene ring substituents is 1. The number of hydrogen-bond acceptors (Lipinski definition) is 6. The van der Waals surface area contributed by atoms with Crippen molar-refractivity contribution in [3.8, 4) is 17.2 Å². The van der Waals surface area contributed by atoms with E-state index >= 15 is 0 Å². The van der Waals surface area contributed by atoms with Gasteiger partial charge in [0.15, 0.2) is 0 Å². The first-order valence-corrected chi connectivity index (χ1v) is 6.92. The van der Waals surface area contributed by atoms with Gasteiger partial charge in [-0.25, -0.2) is 0 Å². The third-order valence-electron chi connectivity index (χ3n) is 3.37. The minimum absolute atomic E-state index is 0.0679. The van der Waals surface area contributed by atoms with Crippen molar-refractivity contribution in [3.63, 3.8) is 0 Å². The third kappa shape index (κ3) is 3.72. The van der Waals surface area contributed by atoms with E-state index in [2.05, 4.69) is 5.32 Å². The quantitative estimate of drug-likeness (QED) is 0.620. The van der Waals surface area contributed by atoms with Gasteiger partial charge < -0.3 is 19.9 Å². The van der Waals surface area contributed by atoms with Crippen LogP contribution in [0.1, 0.15) is 15.9 Å². The number of nitro groups is 1. The average Bonchev–Trinajstić information content (AvgIpc) is 2.59. The second-order valence-electron chi connectivity index (χ2n) is 4.82. The summed E-state index contributed by atoms with van der Waals surface area (Å²) < 4.78 is 10.2. The topological polar surface area (TPSA) is 111 Å². The number of nitrogens with one attached hydrogen (secondary N) is 1. The molecule has 0 unspecified atom stereocenters. The predicted octanol–water partition coefficient (Wildman–Crippen LogP) is 2.25. The fourth-order valence-electron chi connectivity index (χ4n) is 2.08. The number of hydrogen-bond donors (Lipinski definition) is 2. The van der Waals surface area contributed by atoms with Crippen LogP contribution < -0.4 is 14.8 Å². The monoisotopic (exact) mass is 332 g/mol. The maximum absolute atomic E-state index is 12.3. The molecule has 0 spiro atoms. The van der Waals surface area contributed by atoms with Crippen molar-refractivity contribution in [3.05, 3.63) is 57.6 Å². The molecule has 0 saturated heterocycles. The molecule has 0 saturated carbocycles. The van der Waals surface area contributed by atoms with Crippen LogP contribution in [-0.4, -0.2) is 30.2 Å². The summed E-state index contributed by atoms with van der Waals surface area (Å²) in [6, 6.07) is 8.34. The second kappa shape index (κ2) is 7.32. The molecule has 0 aliphatic carbocycles. The van der Waals surface area contributed by atoms with Gasteiger partial charge in [-0.1, -0.05) is 0 Å². The molecule has 1 amide bonds. The lowest BCUT2D eigenvalue weighted by Gasteiger charge is -2.11. The summed E-state index contributed by atoms with van der Waals surface area (Å²) in [5.74, 6) is 0.290. The average molecular weight is 332 g/mol. The van der Waals surface area contributed by atoms with E-state index in [4.69, 9.17) is 9.47 Å². The molecule has 8 nitrogen and oxygen atoms in total. The van der Waals surface area contributed by atoms with Gasteiger partial charge in [0.25, 0.3) is 11.6 Å². The van der Waals surface area contributed by atoms with Crippen LogP contribution in [0.3, 0.4) is 0 Å². The highest BCUT2D eigenvalue weighted by atomic mass is 16.6. The standard InChI is InChI=1S/C16H16N2O6/c1-23-12-4-5-13(15(8-12)24-2)16(20)17-9-10-7-11(18(21)22)3-6-14(10)19/h3-8,19H,9H2,1-2H3,(H,17,20). The fraction of sp³-hybridized carbons (Fsp3) is 0.188. The first kappa shape index (κ1) is 17.1. The van der Waals surface area contributed by atoms with E-state index in [1.807, 2.05) is 0 Å². The second-order valence-corrected chi connectivity index (χ2v) is 4.82. The number of phenols is 1. The Hall–Kier alpha value is -3.29. The van der Waals surface area contributed by atoms with Crippen molar-refractivity contribution in [1.29, 1.82) is 0 Å². The molecule has 0 aliphatic rings. The SMILES string of the molecule is COc1ccc(C(=O)NCc2cc([N+](=O)[O-])ccc2O)c(OC)c1. The Morgan fingerprint density at radius 3 is 2.58 bits per heavy atom. The zero-order valence-corrected chi connectivity index (χ0v) is 13.1. The van der Waals surface area contributed by atoms with Crippen LogP contribution in [0, 0.1) is 10.1 Å². The molecule has 0 aromatic heterocycles. The summed E-state index contributed by atoms with van der Waals surface area (Å²) in [5.41, 5.74) is 0.354. The largest absolute Gasteiger partial charge is 0.508 e. The molecule has 0 atom stereocenters. The van der Waals surface area contributed by atoms with Gasteiger partial charge >= 0.3 is 0 Å². The number of amides is 1. The maximum Gasteiger partial charge on any atom is 0.270 e. The van der Waals surface area contributed by atoms with Gasteiger partial charge in [-0.2, -0.15) is 0 Å². The number of benzene rings is 2. The number of non-ortho nitro benzene ring substituents is 1. The predicted molar refractivity (Wildman–Crippen MR) is 85.5 cm³/mol. The molecule has 2 aromatic carbocycles. The van der Waals surface area contributed by atoms with Gasteiger partial charge in [-0.05, 0) is 18.2 Å². The summed E-state index contributed by atoms with van der Waals surface area (Å²) >= 11 is 0. The van der Waals surface area contributed by atoms with Crippen molar-refractivity contribution in [1.82, 2.24) is 5.32 Å². The Balaban J connectivity index is 2.16. The number of aromatic hydroxyl groups is 1.